The van der Waals surface area contributed by atoms with Gasteiger partial charge in [-0.05, 0) is 48.6 Å². The quantitative estimate of drug-likeness (QED) is 0.634. The maximum atomic E-state index is 12.3. The van der Waals surface area contributed by atoms with E-state index in [4.69, 9.17) is 14.2 Å². The summed E-state index contributed by atoms with van der Waals surface area (Å²) in [5, 5.41) is 0. The van der Waals surface area contributed by atoms with Gasteiger partial charge in [0.15, 0.2) is 23.9 Å². The van der Waals surface area contributed by atoms with Gasteiger partial charge < -0.3 is 14.2 Å². The molecule has 25 heavy (non-hydrogen) atoms. The third-order valence-corrected chi connectivity index (χ3v) is 4.54. The number of ketones is 1. The van der Waals surface area contributed by atoms with Gasteiger partial charge in [-0.2, -0.15) is 0 Å². The highest BCUT2D eigenvalue weighted by atomic mass is 16.6. The summed E-state index contributed by atoms with van der Waals surface area (Å²) in [6.07, 6.45) is 2.34. The minimum Gasteiger partial charge on any atom is -0.485 e. The number of carbonyl (C=O) groups excluding carboxylic acids is 2. The first-order chi connectivity index (χ1) is 12.2. The van der Waals surface area contributed by atoms with Crippen LogP contribution in [0.15, 0.2) is 42.5 Å². The predicted octanol–water partition coefficient (Wildman–Crippen LogP) is 2.74. The fraction of sp³-hybridized carbons (Fsp3) is 0.300. The summed E-state index contributed by atoms with van der Waals surface area (Å²) in [6.45, 7) is -0.220. The van der Waals surface area contributed by atoms with E-state index in [9.17, 15) is 9.59 Å². The Hall–Kier alpha value is -2.82. The Morgan fingerprint density at radius 3 is 2.72 bits per heavy atom. The molecule has 0 amide bonds. The molecule has 1 aliphatic carbocycles. The van der Waals surface area contributed by atoms with Gasteiger partial charge in [0.05, 0.1) is 0 Å². The maximum absolute atomic E-state index is 12.3. The van der Waals surface area contributed by atoms with E-state index in [0.29, 0.717) is 17.1 Å². The second-order valence-electron chi connectivity index (χ2n) is 6.23. The number of hydrogen-bond acceptors (Lipinski definition) is 5. The van der Waals surface area contributed by atoms with E-state index >= 15 is 0 Å². The van der Waals surface area contributed by atoms with Gasteiger partial charge in [-0.3, -0.25) is 4.79 Å². The largest absolute Gasteiger partial charge is 0.485 e. The summed E-state index contributed by atoms with van der Waals surface area (Å²) in [4.78, 5) is 24.4. The van der Waals surface area contributed by atoms with Crippen molar-refractivity contribution >= 4 is 11.8 Å². The Bertz CT molecular complexity index is 827. The van der Waals surface area contributed by atoms with Crippen LogP contribution < -0.4 is 9.47 Å². The number of carbonyl (C=O) groups is 2. The number of para-hydroxylation sites is 2. The smallest absolute Gasteiger partial charge is 0.351 e. The number of esters is 1. The van der Waals surface area contributed by atoms with Crippen molar-refractivity contribution in [3.05, 3.63) is 59.2 Å². The zero-order valence-corrected chi connectivity index (χ0v) is 13.7. The maximum Gasteiger partial charge on any atom is 0.351 e. The third kappa shape index (κ3) is 3.22. The highest BCUT2D eigenvalue weighted by Crippen LogP contribution is 2.31. The Labute approximate surface area is 145 Å². The molecule has 2 aromatic carbocycles. The molecule has 0 spiro atoms. The predicted molar refractivity (Wildman–Crippen MR) is 90.1 cm³/mol. The molecule has 0 unspecified atom stereocenters. The van der Waals surface area contributed by atoms with E-state index in [1.807, 2.05) is 18.2 Å². The molecule has 1 heterocycles. The molecule has 2 aromatic rings. The Kier molecular flexibility index (Phi) is 4.14. The first-order valence-corrected chi connectivity index (χ1v) is 8.41. The fourth-order valence-electron chi connectivity index (χ4n) is 3.19. The average Bonchev–Trinajstić information content (AvgIpc) is 3.13. The molecular weight excluding hydrogens is 320 g/mol. The third-order valence-electron chi connectivity index (χ3n) is 4.54. The SMILES string of the molecule is O=C(COC(=O)[C@@H]1COc2ccccc2O1)c1ccc2c(c1)CCC2. The summed E-state index contributed by atoms with van der Waals surface area (Å²) < 4.78 is 16.2. The van der Waals surface area contributed by atoms with E-state index in [-0.39, 0.29) is 19.0 Å². The number of ether oxygens (including phenoxy) is 3. The van der Waals surface area contributed by atoms with Gasteiger partial charge >= 0.3 is 5.97 Å². The van der Waals surface area contributed by atoms with Crippen molar-refractivity contribution in [1.82, 2.24) is 0 Å². The van der Waals surface area contributed by atoms with Crippen molar-refractivity contribution in [2.45, 2.75) is 25.4 Å². The summed E-state index contributed by atoms with van der Waals surface area (Å²) in [5.74, 6) is 0.297. The zero-order valence-electron chi connectivity index (χ0n) is 13.7. The zero-order chi connectivity index (χ0) is 17.2. The van der Waals surface area contributed by atoms with Crippen molar-refractivity contribution in [2.75, 3.05) is 13.2 Å². The van der Waals surface area contributed by atoms with Gasteiger partial charge in [0.2, 0.25) is 6.10 Å². The molecule has 0 bridgehead atoms. The highest BCUT2D eigenvalue weighted by Gasteiger charge is 2.29. The molecule has 0 saturated heterocycles. The summed E-state index contributed by atoms with van der Waals surface area (Å²) in [7, 11) is 0. The van der Waals surface area contributed by atoms with Crippen LogP contribution in [0.5, 0.6) is 11.5 Å². The van der Waals surface area contributed by atoms with Crippen LogP contribution in [0.4, 0.5) is 0 Å². The Morgan fingerprint density at radius 2 is 1.84 bits per heavy atom. The number of Topliss-reactive ketones (excluding diaryl/α,β-unsaturated/α-hetero) is 1. The Morgan fingerprint density at radius 1 is 1.04 bits per heavy atom. The lowest BCUT2D eigenvalue weighted by Crippen LogP contribution is -2.38. The topological polar surface area (TPSA) is 61.8 Å². The molecular formula is C20H18O5. The van der Waals surface area contributed by atoms with E-state index in [0.717, 1.165) is 19.3 Å². The fourth-order valence-corrected chi connectivity index (χ4v) is 3.19. The van der Waals surface area contributed by atoms with Crippen molar-refractivity contribution in [3.63, 3.8) is 0 Å². The van der Waals surface area contributed by atoms with Crippen LogP contribution in [0.1, 0.15) is 27.9 Å². The number of rotatable bonds is 4. The molecule has 5 nitrogen and oxygen atoms in total. The molecule has 0 aromatic heterocycles. The van der Waals surface area contributed by atoms with Crippen molar-refractivity contribution in [1.29, 1.82) is 0 Å². The van der Waals surface area contributed by atoms with Crippen LogP contribution in [-0.2, 0) is 22.4 Å². The van der Waals surface area contributed by atoms with Crippen LogP contribution in [-0.4, -0.2) is 31.1 Å². The average molecular weight is 338 g/mol. The minimum absolute atomic E-state index is 0.0723. The minimum atomic E-state index is -0.859. The van der Waals surface area contributed by atoms with Gasteiger partial charge in [-0.1, -0.05) is 24.3 Å². The van der Waals surface area contributed by atoms with Crippen molar-refractivity contribution in [2.24, 2.45) is 0 Å². The van der Waals surface area contributed by atoms with Gasteiger partial charge in [-0.25, -0.2) is 4.79 Å². The first-order valence-electron chi connectivity index (χ1n) is 8.41. The van der Waals surface area contributed by atoms with Crippen LogP contribution in [0.3, 0.4) is 0 Å². The van der Waals surface area contributed by atoms with Gasteiger partial charge in [0, 0.05) is 5.56 Å². The number of hydrogen-bond donors (Lipinski definition) is 0. The lowest BCUT2D eigenvalue weighted by molar-refractivity contribution is -0.153. The van der Waals surface area contributed by atoms with Gasteiger partial charge in [0.1, 0.15) is 6.61 Å². The monoisotopic (exact) mass is 338 g/mol. The molecule has 5 heteroatoms. The molecule has 1 atom stereocenters. The summed E-state index contributed by atoms with van der Waals surface area (Å²) in [6, 6.07) is 12.8. The van der Waals surface area contributed by atoms with Crippen LogP contribution in [0.25, 0.3) is 0 Å². The number of fused-ring (bicyclic) bond motifs is 2. The molecule has 1 aliphatic heterocycles. The van der Waals surface area contributed by atoms with Crippen LogP contribution >= 0.6 is 0 Å². The van der Waals surface area contributed by atoms with Crippen LogP contribution in [0.2, 0.25) is 0 Å². The summed E-state index contributed by atoms with van der Waals surface area (Å²) in [5.41, 5.74) is 3.11. The summed E-state index contributed by atoms with van der Waals surface area (Å²) >= 11 is 0. The van der Waals surface area contributed by atoms with E-state index in [2.05, 4.69) is 0 Å². The molecule has 0 saturated carbocycles. The van der Waals surface area contributed by atoms with E-state index < -0.39 is 12.1 Å². The number of aryl methyl sites for hydroxylation is 2. The van der Waals surface area contributed by atoms with E-state index in [1.165, 1.54) is 11.1 Å². The lowest BCUT2D eigenvalue weighted by Gasteiger charge is -2.24. The molecule has 0 radical (unpaired) electrons. The molecule has 4 rings (SSSR count). The molecule has 0 N–H and O–H groups in total. The second-order valence-corrected chi connectivity index (χ2v) is 6.23. The van der Waals surface area contributed by atoms with Crippen molar-refractivity contribution < 1.29 is 23.8 Å². The second kappa shape index (κ2) is 6.59. The highest BCUT2D eigenvalue weighted by molar-refractivity contribution is 5.98. The number of benzene rings is 2. The van der Waals surface area contributed by atoms with Crippen molar-refractivity contribution in [3.8, 4) is 11.5 Å². The van der Waals surface area contributed by atoms with Gasteiger partial charge in [0.25, 0.3) is 0 Å². The normalized spacial score (nSPS) is 17.7. The molecule has 2 aliphatic rings. The first kappa shape index (κ1) is 15.7. The van der Waals surface area contributed by atoms with Gasteiger partial charge in [-0.15, -0.1) is 0 Å². The molecule has 128 valence electrons. The standard InChI is InChI=1S/C20H18O5/c21-16(15-9-8-13-4-3-5-14(13)10-15)11-24-20(22)19-12-23-17-6-1-2-7-18(17)25-19/h1-2,6-10,19H,3-5,11-12H2/t19-/m0/s1. The Balaban J connectivity index is 1.35. The van der Waals surface area contributed by atoms with Crippen LogP contribution in [0, 0.1) is 0 Å². The lowest BCUT2D eigenvalue weighted by atomic mass is 10.0. The van der Waals surface area contributed by atoms with E-state index in [1.54, 1.807) is 24.3 Å². The molecule has 0 fully saturated rings.